The molecule has 0 aliphatic carbocycles. The second-order valence-electron chi connectivity index (χ2n) is 2.99. The van der Waals surface area contributed by atoms with Gasteiger partial charge >= 0.3 is 0 Å². The number of benzene rings is 1. The summed E-state index contributed by atoms with van der Waals surface area (Å²) in [6.07, 6.45) is 0. The van der Waals surface area contributed by atoms with Crippen molar-refractivity contribution in [2.45, 2.75) is 0 Å². The first-order valence-corrected chi connectivity index (χ1v) is 4.53. The number of H-pyrrole nitrogens is 1. The van der Waals surface area contributed by atoms with Crippen molar-refractivity contribution in [2.75, 3.05) is 0 Å². The topological polar surface area (TPSA) is 98.1 Å². The molecule has 0 spiro atoms. The summed E-state index contributed by atoms with van der Waals surface area (Å²) in [7, 11) is 0. The van der Waals surface area contributed by atoms with E-state index in [9.17, 15) is 0 Å². The second kappa shape index (κ2) is 3.50. The molecule has 2 aromatic heterocycles. The molecule has 0 atom stereocenters. The molecule has 8 nitrogen and oxygen atoms in total. The van der Waals surface area contributed by atoms with Crippen LogP contribution in [0.3, 0.4) is 0 Å². The van der Waals surface area contributed by atoms with Crippen LogP contribution in [-0.4, -0.2) is 40.8 Å². The molecule has 0 aliphatic heterocycles. The minimum Gasteiger partial charge on any atom is -0.190 e. The van der Waals surface area contributed by atoms with Gasteiger partial charge in [0.25, 0.3) is 0 Å². The summed E-state index contributed by atoms with van der Waals surface area (Å²) in [6.45, 7) is 0. The standard InChI is InChI=1S/C8H6N8/c1-2-4-6(5-3-1)16-8(11-14-15-16)7-9-12-13-10-7/h1-5H,(H,9,10,12,13). The number of aromatic amines is 1. The third kappa shape index (κ3) is 1.32. The van der Waals surface area contributed by atoms with Crippen LogP contribution in [0.5, 0.6) is 0 Å². The van der Waals surface area contributed by atoms with Gasteiger partial charge in [0.1, 0.15) is 0 Å². The van der Waals surface area contributed by atoms with E-state index in [-0.39, 0.29) is 0 Å². The van der Waals surface area contributed by atoms with Gasteiger partial charge in [-0.3, -0.25) is 0 Å². The highest BCUT2D eigenvalue weighted by atomic mass is 15.6. The molecule has 0 fully saturated rings. The van der Waals surface area contributed by atoms with Gasteiger partial charge in [0.15, 0.2) is 0 Å². The van der Waals surface area contributed by atoms with Crippen molar-refractivity contribution in [1.82, 2.24) is 40.8 Å². The van der Waals surface area contributed by atoms with Gasteiger partial charge < -0.3 is 0 Å². The van der Waals surface area contributed by atoms with E-state index in [2.05, 4.69) is 36.1 Å². The minimum absolute atomic E-state index is 0.355. The van der Waals surface area contributed by atoms with Crippen LogP contribution in [0.15, 0.2) is 30.3 Å². The molecular weight excluding hydrogens is 208 g/mol. The van der Waals surface area contributed by atoms with Crippen molar-refractivity contribution in [3.63, 3.8) is 0 Å². The Morgan fingerprint density at radius 1 is 1.06 bits per heavy atom. The number of nitrogens with zero attached hydrogens (tertiary/aromatic N) is 7. The number of para-hydroxylation sites is 1. The monoisotopic (exact) mass is 214 g/mol. The molecule has 0 amide bonds. The van der Waals surface area contributed by atoms with Crippen LogP contribution in [0.4, 0.5) is 0 Å². The number of hydrogen-bond donors (Lipinski definition) is 1. The summed E-state index contributed by atoms with van der Waals surface area (Å²) in [5, 5.41) is 24.8. The lowest BCUT2D eigenvalue weighted by atomic mass is 10.3. The van der Waals surface area contributed by atoms with Crippen molar-refractivity contribution < 1.29 is 0 Å². The van der Waals surface area contributed by atoms with Gasteiger partial charge in [-0.15, -0.1) is 15.3 Å². The smallest absolute Gasteiger partial charge is 0.190 e. The zero-order chi connectivity index (χ0) is 10.8. The molecule has 0 aliphatic rings. The van der Waals surface area contributed by atoms with Crippen molar-refractivity contribution in [3.8, 4) is 17.3 Å². The van der Waals surface area contributed by atoms with Crippen LogP contribution in [0.1, 0.15) is 0 Å². The summed E-state index contributed by atoms with van der Waals surface area (Å²) in [4.78, 5) is 0. The van der Waals surface area contributed by atoms with Gasteiger partial charge in [0.05, 0.1) is 5.69 Å². The van der Waals surface area contributed by atoms with E-state index in [1.807, 2.05) is 30.3 Å². The minimum atomic E-state index is 0.355. The van der Waals surface area contributed by atoms with E-state index in [0.29, 0.717) is 11.6 Å². The van der Waals surface area contributed by atoms with Gasteiger partial charge in [-0.25, -0.2) is 0 Å². The number of nitrogens with one attached hydrogen (secondary N) is 1. The first kappa shape index (κ1) is 8.65. The molecule has 0 saturated heterocycles. The average Bonchev–Trinajstić information content (AvgIpc) is 3.01. The molecule has 1 N–H and O–H groups in total. The lowest BCUT2D eigenvalue weighted by Crippen LogP contribution is -2.00. The van der Waals surface area contributed by atoms with Gasteiger partial charge in [-0.05, 0) is 27.8 Å². The zero-order valence-corrected chi connectivity index (χ0v) is 8.02. The fourth-order valence-electron chi connectivity index (χ4n) is 1.33. The molecule has 2 heterocycles. The first-order chi connectivity index (χ1) is 7.95. The van der Waals surface area contributed by atoms with Crippen molar-refractivity contribution in [3.05, 3.63) is 30.3 Å². The highest BCUT2D eigenvalue weighted by Crippen LogP contribution is 2.13. The Labute approximate surface area is 89.3 Å². The normalized spacial score (nSPS) is 10.5. The predicted octanol–water partition coefficient (Wildman–Crippen LogP) is -0.158. The number of hydrogen-bond acceptors (Lipinski definition) is 6. The molecular formula is C8H6N8. The summed E-state index contributed by atoms with van der Waals surface area (Å²) >= 11 is 0. The summed E-state index contributed by atoms with van der Waals surface area (Å²) in [6, 6.07) is 9.50. The molecule has 3 aromatic rings. The Balaban J connectivity index is 2.14. The largest absolute Gasteiger partial charge is 0.243 e. The molecule has 0 unspecified atom stereocenters. The Bertz CT molecular complexity index is 569. The first-order valence-electron chi connectivity index (χ1n) is 4.53. The maximum Gasteiger partial charge on any atom is 0.243 e. The molecule has 0 saturated carbocycles. The summed E-state index contributed by atoms with van der Waals surface area (Å²) < 4.78 is 1.55. The maximum absolute atomic E-state index is 3.88. The Morgan fingerprint density at radius 2 is 1.94 bits per heavy atom. The highest BCUT2D eigenvalue weighted by molar-refractivity contribution is 5.46. The maximum atomic E-state index is 3.88. The zero-order valence-electron chi connectivity index (χ0n) is 8.02. The Morgan fingerprint density at radius 3 is 2.69 bits per heavy atom. The van der Waals surface area contributed by atoms with Crippen LogP contribution in [0.2, 0.25) is 0 Å². The quantitative estimate of drug-likeness (QED) is 0.636. The van der Waals surface area contributed by atoms with E-state index in [1.54, 1.807) is 4.68 Å². The molecule has 78 valence electrons. The van der Waals surface area contributed by atoms with Crippen LogP contribution in [0, 0.1) is 0 Å². The van der Waals surface area contributed by atoms with E-state index < -0.39 is 0 Å². The lowest BCUT2D eigenvalue weighted by molar-refractivity contribution is 0.789. The lowest BCUT2D eigenvalue weighted by Gasteiger charge is -1.99. The summed E-state index contributed by atoms with van der Waals surface area (Å²) in [5.41, 5.74) is 0.840. The fourth-order valence-corrected chi connectivity index (χ4v) is 1.33. The highest BCUT2D eigenvalue weighted by Gasteiger charge is 2.13. The fraction of sp³-hybridized carbons (Fsp3) is 0. The Kier molecular flexibility index (Phi) is 1.89. The van der Waals surface area contributed by atoms with E-state index in [1.165, 1.54) is 0 Å². The molecule has 16 heavy (non-hydrogen) atoms. The van der Waals surface area contributed by atoms with Crippen molar-refractivity contribution >= 4 is 0 Å². The van der Waals surface area contributed by atoms with E-state index in [4.69, 9.17) is 0 Å². The van der Waals surface area contributed by atoms with Gasteiger partial charge in [0.2, 0.25) is 11.6 Å². The molecule has 3 rings (SSSR count). The van der Waals surface area contributed by atoms with Crippen LogP contribution < -0.4 is 0 Å². The third-order valence-electron chi connectivity index (χ3n) is 2.02. The predicted molar refractivity (Wildman–Crippen MR) is 52.3 cm³/mol. The van der Waals surface area contributed by atoms with Crippen molar-refractivity contribution in [1.29, 1.82) is 0 Å². The van der Waals surface area contributed by atoms with Crippen molar-refractivity contribution in [2.24, 2.45) is 0 Å². The molecule has 0 bridgehead atoms. The molecule has 1 aromatic carbocycles. The van der Waals surface area contributed by atoms with E-state index in [0.717, 1.165) is 5.69 Å². The second-order valence-corrected chi connectivity index (χ2v) is 2.99. The van der Waals surface area contributed by atoms with Crippen LogP contribution in [-0.2, 0) is 0 Å². The van der Waals surface area contributed by atoms with Crippen LogP contribution >= 0.6 is 0 Å². The Hall–Kier alpha value is -2.64. The number of tetrazole rings is 2. The molecule has 0 radical (unpaired) electrons. The number of rotatable bonds is 2. The number of aromatic nitrogens is 8. The summed E-state index contributed by atoms with van der Waals surface area (Å²) in [5.74, 6) is 0.800. The van der Waals surface area contributed by atoms with Gasteiger partial charge in [0, 0.05) is 0 Å². The van der Waals surface area contributed by atoms with E-state index >= 15 is 0 Å². The van der Waals surface area contributed by atoms with Gasteiger partial charge in [-0.1, -0.05) is 18.2 Å². The third-order valence-corrected chi connectivity index (χ3v) is 2.02. The average molecular weight is 214 g/mol. The SMILES string of the molecule is c1ccc(-n2nnnc2-c2nn[nH]n2)cc1. The molecule has 8 heteroatoms. The van der Waals surface area contributed by atoms with Crippen LogP contribution in [0.25, 0.3) is 17.3 Å². The van der Waals surface area contributed by atoms with Gasteiger partial charge in [-0.2, -0.15) is 9.90 Å².